The van der Waals surface area contributed by atoms with Crippen LogP contribution in [-0.2, 0) is 4.74 Å². The first kappa shape index (κ1) is 18.3. The van der Waals surface area contributed by atoms with Gasteiger partial charge in [-0.25, -0.2) is 4.79 Å². The predicted octanol–water partition coefficient (Wildman–Crippen LogP) is 3.76. The van der Waals surface area contributed by atoms with Gasteiger partial charge < -0.3 is 14.5 Å². The molecule has 1 amide bonds. The highest BCUT2D eigenvalue weighted by Gasteiger charge is 2.24. The Bertz CT molecular complexity index is 304. The Kier molecular flexibility index (Phi) is 7.50. The van der Waals surface area contributed by atoms with E-state index in [1.54, 1.807) is 4.90 Å². The maximum Gasteiger partial charge on any atom is 0.410 e. The van der Waals surface area contributed by atoms with Gasteiger partial charge in [-0.15, -0.1) is 0 Å². The Morgan fingerprint density at radius 2 is 1.86 bits per heavy atom. The molecule has 0 aromatic heterocycles. The Balaban J connectivity index is 2.24. The average molecular weight is 298 g/mol. The minimum absolute atomic E-state index is 0.201. The molecule has 124 valence electrons. The molecule has 0 aromatic carbocycles. The zero-order chi connectivity index (χ0) is 15.9. The van der Waals surface area contributed by atoms with E-state index in [2.05, 4.69) is 11.8 Å². The molecule has 0 spiro atoms. The minimum atomic E-state index is -0.409. The number of ether oxygens (including phenoxy) is 1. The number of unbranched alkanes of at least 4 members (excludes halogenated alkanes) is 2. The number of carbonyl (C=O) groups excluding carboxylic acids is 1. The standard InChI is InChI=1S/C17H34N2O2/c1-6-7-8-11-19-12-9-15(10-13-19)14-18(5)16(20)21-17(2,3)4/h15H,6-14H2,1-5H3. The van der Waals surface area contributed by atoms with Gasteiger partial charge in [-0.05, 0) is 65.6 Å². The third-order valence-electron chi connectivity index (χ3n) is 4.02. The molecule has 4 heteroatoms. The minimum Gasteiger partial charge on any atom is -0.444 e. The number of rotatable bonds is 6. The Morgan fingerprint density at radius 1 is 1.24 bits per heavy atom. The number of carbonyl (C=O) groups is 1. The van der Waals surface area contributed by atoms with Crippen molar-refractivity contribution in [3.05, 3.63) is 0 Å². The van der Waals surface area contributed by atoms with E-state index in [1.165, 1.54) is 51.7 Å². The number of amides is 1. The van der Waals surface area contributed by atoms with E-state index in [9.17, 15) is 4.79 Å². The lowest BCUT2D eigenvalue weighted by Crippen LogP contribution is -2.41. The molecule has 0 unspecified atom stereocenters. The molecule has 0 radical (unpaired) electrons. The van der Waals surface area contributed by atoms with Crippen LogP contribution in [0.2, 0.25) is 0 Å². The van der Waals surface area contributed by atoms with Crippen LogP contribution in [0.5, 0.6) is 0 Å². The number of likely N-dealkylation sites (tertiary alicyclic amines) is 1. The van der Waals surface area contributed by atoms with Gasteiger partial charge in [-0.3, -0.25) is 0 Å². The summed E-state index contributed by atoms with van der Waals surface area (Å²) in [5.74, 6) is 0.616. The zero-order valence-electron chi connectivity index (χ0n) is 14.7. The SMILES string of the molecule is CCCCCN1CCC(CN(C)C(=O)OC(C)(C)C)CC1. The Hall–Kier alpha value is -0.770. The van der Waals surface area contributed by atoms with Gasteiger partial charge in [0.05, 0.1) is 0 Å². The van der Waals surface area contributed by atoms with Crippen LogP contribution in [0.3, 0.4) is 0 Å². The maximum absolute atomic E-state index is 12.0. The van der Waals surface area contributed by atoms with Crippen molar-refractivity contribution in [1.82, 2.24) is 9.80 Å². The van der Waals surface area contributed by atoms with Crippen LogP contribution in [0.25, 0.3) is 0 Å². The van der Waals surface area contributed by atoms with Crippen molar-refractivity contribution in [2.45, 2.75) is 65.4 Å². The second-order valence-corrected chi connectivity index (χ2v) is 7.35. The molecule has 1 aliphatic heterocycles. The molecule has 0 N–H and O–H groups in total. The lowest BCUT2D eigenvalue weighted by Gasteiger charge is -2.34. The molecule has 0 saturated carbocycles. The number of hydrogen-bond acceptors (Lipinski definition) is 3. The van der Waals surface area contributed by atoms with E-state index in [0.717, 1.165) is 6.54 Å². The molecule has 1 heterocycles. The fraction of sp³-hybridized carbons (Fsp3) is 0.941. The van der Waals surface area contributed by atoms with Gasteiger partial charge in [0.15, 0.2) is 0 Å². The zero-order valence-corrected chi connectivity index (χ0v) is 14.7. The molecule has 0 bridgehead atoms. The molecule has 21 heavy (non-hydrogen) atoms. The first-order valence-electron chi connectivity index (χ1n) is 8.48. The number of nitrogens with zero attached hydrogens (tertiary/aromatic N) is 2. The van der Waals surface area contributed by atoms with Crippen LogP contribution < -0.4 is 0 Å². The van der Waals surface area contributed by atoms with Gasteiger partial charge in [-0.2, -0.15) is 0 Å². The highest BCUT2D eigenvalue weighted by molar-refractivity contribution is 5.67. The fourth-order valence-corrected chi connectivity index (χ4v) is 2.78. The smallest absolute Gasteiger partial charge is 0.410 e. The Morgan fingerprint density at radius 3 is 2.38 bits per heavy atom. The van der Waals surface area contributed by atoms with Crippen LogP contribution in [0, 0.1) is 5.92 Å². The normalized spacial score (nSPS) is 17.8. The van der Waals surface area contributed by atoms with Crippen molar-refractivity contribution in [2.75, 3.05) is 33.2 Å². The molecule has 0 aliphatic carbocycles. The molecule has 1 aliphatic rings. The van der Waals surface area contributed by atoms with Crippen molar-refractivity contribution < 1.29 is 9.53 Å². The van der Waals surface area contributed by atoms with E-state index in [-0.39, 0.29) is 6.09 Å². The van der Waals surface area contributed by atoms with Crippen molar-refractivity contribution in [2.24, 2.45) is 5.92 Å². The lowest BCUT2D eigenvalue weighted by atomic mass is 9.96. The van der Waals surface area contributed by atoms with Gasteiger partial charge in [0, 0.05) is 13.6 Å². The van der Waals surface area contributed by atoms with Gasteiger partial charge in [-0.1, -0.05) is 19.8 Å². The summed E-state index contributed by atoms with van der Waals surface area (Å²) in [5.41, 5.74) is -0.409. The van der Waals surface area contributed by atoms with E-state index in [4.69, 9.17) is 4.74 Å². The second kappa shape index (κ2) is 8.62. The van der Waals surface area contributed by atoms with Crippen LogP contribution in [0.15, 0.2) is 0 Å². The van der Waals surface area contributed by atoms with Gasteiger partial charge >= 0.3 is 6.09 Å². The summed E-state index contributed by atoms with van der Waals surface area (Å²) in [5, 5.41) is 0. The van der Waals surface area contributed by atoms with E-state index >= 15 is 0 Å². The van der Waals surface area contributed by atoms with Crippen LogP contribution in [0.1, 0.15) is 59.8 Å². The summed E-state index contributed by atoms with van der Waals surface area (Å²) in [7, 11) is 1.85. The first-order valence-corrected chi connectivity index (χ1v) is 8.48. The summed E-state index contributed by atoms with van der Waals surface area (Å²) in [6.45, 7) is 12.4. The Labute approximate surface area is 130 Å². The average Bonchev–Trinajstić information content (AvgIpc) is 2.39. The lowest BCUT2D eigenvalue weighted by molar-refractivity contribution is 0.0250. The molecule has 1 saturated heterocycles. The second-order valence-electron chi connectivity index (χ2n) is 7.35. The highest BCUT2D eigenvalue weighted by Crippen LogP contribution is 2.19. The molecule has 0 aromatic rings. The summed E-state index contributed by atoms with van der Waals surface area (Å²) in [4.78, 5) is 16.3. The maximum atomic E-state index is 12.0. The quantitative estimate of drug-likeness (QED) is 0.700. The predicted molar refractivity (Wildman–Crippen MR) is 87.6 cm³/mol. The molecule has 4 nitrogen and oxygen atoms in total. The molecular formula is C17H34N2O2. The van der Waals surface area contributed by atoms with Crippen LogP contribution >= 0.6 is 0 Å². The number of hydrogen-bond donors (Lipinski definition) is 0. The van der Waals surface area contributed by atoms with Crippen LogP contribution in [-0.4, -0.2) is 54.7 Å². The molecular weight excluding hydrogens is 264 g/mol. The van der Waals surface area contributed by atoms with Crippen molar-refractivity contribution in [3.63, 3.8) is 0 Å². The van der Waals surface area contributed by atoms with Gasteiger partial charge in [0.25, 0.3) is 0 Å². The molecule has 0 atom stereocenters. The summed E-state index contributed by atoms with van der Waals surface area (Å²) in [6, 6.07) is 0. The van der Waals surface area contributed by atoms with Crippen LogP contribution in [0.4, 0.5) is 4.79 Å². The summed E-state index contributed by atoms with van der Waals surface area (Å²) in [6.07, 6.45) is 6.13. The molecule has 1 rings (SSSR count). The van der Waals surface area contributed by atoms with Crippen molar-refractivity contribution >= 4 is 6.09 Å². The monoisotopic (exact) mass is 298 g/mol. The molecule has 1 fully saturated rings. The highest BCUT2D eigenvalue weighted by atomic mass is 16.6. The van der Waals surface area contributed by atoms with E-state index in [1.807, 2.05) is 27.8 Å². The third kappa shape index (κ3) is 7.70. The topological polar surface area (TPSA) is 32.8 Å². The van der Waals surface area contributed by atoms with Gasteiger partial charge in [0.2, 0.25) is 0 Å². The van der Waals surface area contributed by atoms with Crippen molar-refractivity contribution in [3.8, 4) is 0 Å². The van der Waals surface area contributed by atoms with Gasteiger partial charge in [0.1, 0.15) is 5.60 Å². The first-order chi connectivity index (χ1) is 9.81. The third-order valence-corrected chi connectivity index (χ3v) is 4.02. The van der Waals surface area contributed by atoms with Crippen molar-refractivity contribution in [1.29, 1.82) is 0 Å². The van der Waals surface area contributed by atoms with E-state index < -0.39 is 5.60 Å². The fourth-order valence-electron chi connectivity index (χ4n) is 2.78. The largest absolute Gasteiger partial charge is 0.444 e. The van der Waals surface area contributed by atoms with E-state index in [0.29, 0.717) is 5.92 Å². The summed E-state index contributed by atoms with van der Waals surface area (Å²) >= 11 is 0. The summed E-state index contributed by atoms with van der Waals surface area (Å²) < 4.78 is 5.40. The number of piperidine rings is 1.